The normalized spacial score (nSPS) is 18.7. The van der Waals surface area contributed by atoms with Gasteiger partial charge in [0.25, 0.3) is 0 Å². The van der Waals surface area contributed by atoms with Gasteiger partial charge >= 0.3 is 0 Å². The van der Waals surface area contributed by atoms with Gasteiger partial charge in [-0.25, -0.2) is 17.2 Å². The fourth-order valence-corrected chi connectivity index (χ4v) is 3.64. The maximum Gasteiger partial charge on any atom is 0.243 e. The Morgan fingerprint density at radius 2 is 1.84 bits per heavy atom. The average molecular weight is 291 g/mol. The molecular formula is C12H17F2N2O2S+. The Kier molecular flexibility index (Phi) is 4.17. The van der Waals surface area contributed by atoms with Crippen LogP contribution in [0.1, 0.15) is 6.92 Å². The lowest BCUT2D eigenvalue weighted by Gasteiger charge is -2.30. The molecule has 0 amide bonds. The van der Waals surface area contributed by atoms with Crippen LogP contribution in [0.5, 0.6) is 0 Å². The van der Waals surface area contributed by atoms with Gasteiger partial charge in [0.2, 0.25) is 10.0 Å². The number of sulfonamides is 1. The highest BCUT2D eigenvalue weighted by molar-refractivity contribution is 7.89. The topological polar surface area (TPSA) is 41.8 Å². The van der Waals surface area contributed by atoms with E-state index in [1.165, 1.54) is 9.21 Å². The van der Waals surface area contributed by atoms with Crippen molar-refractivity contribution in [3.63, 3.8) is 0 Å². The van der Waals surface area contributed by atoms with E-state index in [9.17, 15) is 17.2 Å². The van der Waals surface area contributed by atoms with Gasteiger partial charge in [-0.1, -0.05) is 0 Å². The maximum absolute atomic E-state index is 13.1. The monoisotopic (exact) mass is 291 g/mol. The summed E-state index contributed by atoms with van der Waals surface area (Å²) in [4.78, 5) is 1.16. The van der Waals surface area contributed by atoms with Gasteiger partial charge in [-0.05, 0) is 25.1 Å². The molecule has 0 radical (unpaired) electrons. The van der Waals surface area contributed by atoms with Gasteiger partial charge in [0.15, 0.2) is 11.6 Å². The van der Waals surface area contributed by atoms with E-state index in [-0.39, 0.29) is 4.90 Å². The largest absolute Gasteiger partial charge is 0.333 e. The predicted octanol–water partition coefficient (Wildman–Crippen LogP) is -0.126. The molecule has 0 bridgehead atoms. The van der Waals surface area contributed by atoms with Crippen molar-refractivity contribution < 1.29 is 22.1 Å². The minimum absolute atomic E-state index is 0.189. The number of hydrogen-bond acceptors (Lipinski definition) is 2. The quantitative estimate of drug-likeness (QED) is 0.843. The molecule has 1 fully saturated rings. The highest BCUT2D eigenvalue weighted by Crippen LogP contribution is 2.18. The van der Waals surface area contributed by atoms with Crippen molar-refractivity contribution in [2.75, 3.05) is 32.7 Å². The van der Waals surface area contributed by atoms with Crippen LogP contribution in [-0.4, -0.2) is 45.4 Å². The van der Waals surface area contributed by atoms with E-state index in [0.29, 0.717) is 13.1 Å². The van der Waals surface area contributed by atoms with Crippen molar-refractivity contribution in [1.29, 1.82) is 0 Å². The molecular weight excluding hydrogens is 274 g/mol. The van der Waals surface area contributed by atoms with Crippen molar-refractivity contribution in [3.8, 4) is 0 Å². The van der Waals surface area contributed by atoms with Crippen molar-refractivity contribution in [2.24, 2.45) is 0 Å². The van der Waals surface area contributed by atoms with Crippen molar-refractivity contribution in [1.82, 2.24) is 4.31 Å². The summed E-state index contributed by atoms with van der Waals surface area (Å²) in [6, 6.07) is 2.69. The van der Waals surface area contributed by atoms with E-state index in [2.05, 4.69) is 6.92 Å². The molecule has 1 aliphatic heterocycles. The third-order valence-electron chi connectivity index (χ3n) is 3.46. The van der Waals surface area contributed by atoms with Crippen LogP contribution in [0.4, 0.5) is 8.78 Å². The van der Waals surface area contributed by atoms with Crippen LogP contribution >= 0.6 is 0 Å². The molecule has 1 aliphatic rings. The Balaban J connectivity index is 2.21. The molecule has 1 aromatic rings. The van der Waals surface area contributed by atoms with E-state index in [0.717, 1.165) is 37.8 Å². The average Bonchev–Trinajstić information content (AvgIpc) is 2.41. The summed E-state index contributed by atoms with van der Waals surface area (Å²) in [6.45, 7) is 5.29. The first-order valence-electron chi connectivity index (χ1n) is 6.24. The van der Waals surface area contributed by atoms with Crippen LogP contribution in [0, 0.1) is 11.6 Å². The van der Waals surface area contributed by atoms with E-state index < -0.39 is 21.7 Å². The van der Waals surface area contributed by atoms with Crippen LogP contribution in [0.25, 0.3) is 0 Å². The lowest BCUT2D eigenvalue weighted by Crippen LogP contribution is -3.14. The summed E-state index contributed by atoms with van der Waals surface area (Å²) >= 11 is 0. The van der Waals surface area contributed by atoms with Crippen LogP contribution in [0.2, 0.25) is 0 Å². The van der Waals surface area contributed by atoms with Gasteiger partial charge in [0, 0.05) is 0 Å². The van der Waals surface area contributed by atoms with E-state index in [1.807, 2.05) is 0 Å². The number of halogens is 2. The second kappa shape index (κ2) is 5.52. The first-order chi connectivity index (χ1) is 8.95. The van der Waals surface area contributed by atoms with Gasteiger partial charge in [0.1, 0.15) is 0 Å². The van der Waals surface area contributed by atoms with Crippen molar-refractivity contribution in [2.45, 2.75) is 11.8 Å². The summed E-state index contributed by atoms with van der Waals surface area (Å²) in [7, 11) is -3.72. The zero-order valence-electron chi connectivity index (χ0n) is 10.7. The smallest absolute Gasteiger partial charge is 0.243 e. The summed E-state index contributed by atoms with van der Waals surface area (Å²) in [5.74, 6) is -2.18. The highest BCUT2D eigenvalue weighted by atomic mass is 32.2. The number of nitrogens with zero attached hydrogens (tertiary/aromatic N) is 1. The van der Waals surface area contributed by atoms with Crippen LogP contribution in [0.3, 0.4) is 0 Å². The molecule has 0 unspecified atom stereocenters. The zero-order chi connectivity index (χ0) is 14.0. The fraction of sp³-hybridized carbons (Fsp3) is 0.500. The number of likely N-dealkylation sites (N-methyl/N-ethyl adjacent to an activating group) is 1. The first kappa shape index (κ1) is 14.4. The summed E-state index contributed by atoms with van der Waals surface area (Å²) < 4.78 is 51.8. The number of quaternary nitrogens is 1. The van der Waals surface area contributed by atoms with Gasteiger partial charge in [0.05, 0.1) is 37.6 Å². The third-order valence-corrected chi connectivity index (χ3v) is 5.35. The summed E-state index contributed by atoms with van der Waals surface area (Å²) in [6.07, 6.45) is 0. The molecule has 1 heterocycles. The number of rotatable bonds is 3. The Labute approximate surface area is 111 Å². The molecule has 0 aromatic heterocycles. The number of hydrogen-bond donors (Lipinski definition) is 1. The molecule has 0 atom stereocenters. The third kappa shape index (κ3) is 2.93. The Bertz CT molecular complexity index is 555. The van der Waals surface area contributed by atoms with E-state index in [4.69, 9.17) is 0 Å². The minimum Gasteiger partial charge on any atom is -0.333 e. The molecule has 1 N–H and O–H groups in total. The molecule has 4 nitrogen and oxygen atoms in total. The molecule has 0 saturated carbocycles. The van der Waals surface area contributed by atoms with Crippen molar-refractivity contribution >= 4 is 10.0 Å². The molecule has 19 heavy (non-hydrogen) atoms. The molecule has 0 aliphatic carbocycles. The van der Waals surface area contributed by atoms with Crippen LogP contribution in [0.15, 0.2) is 23.1 Å². The molecule has 2 rings (SSSR count). The fourth-order valence-electron chi connectivity index (χ4n) is 2.18. The molecule has 7 heteroatoms. The molecule has 0 spiro atoms. The Morgan fingerprint density at radius 3 is 2.37 bits per heavy atom. The van der Waals surface area contributed by atoms with Gasteiger partial charge in [-0.3, -0.25) is 0 Å². The molecule has 106 valence electrons. The predicted molar refractivity (Wildman–Crippen MR) is 66.4 cm³/mol. The van der Waals surface area contributed by atoms with E-state index >= 15 is 0 Å². The molecule has 1 aromatic carbocycles. The van der Waals surface area contributed by atoms with Crippen molar-refractivity contribution in [3.05, 3.63) is 29.8 Å². The number of nitrogens with one attached hydrogen (secondary N) is 1. The van der Waals surface area contributed by atoms with Gasteiger partial charge in [-0.15, -0.1) is 0 Å². The lowest BCUT2D eigenvalue weighted by atomic mass is 10.3. The Hall–Kier alpha value is -1.05. The number of piperazine rings is 1. The van der Waals surface area contributed by atoms with E-state index in [1.54, 1.807) is 0 Å². The maximum atomic E-state index is 13.1. The summed E-state index contributed by atoms with van der Waals surface area (Å²) in [5.41, 5.74) is 0. The molecule has 1 saturated heterocycles. The highest BCUT2D eigenvalue weighted by Gasteiger charge is 2.30. The van der Waals surface area contributed by atoms with Crippen LogP contribution in [-0.2, 0) is 10.0 Å². The SMILES string of the molecule is CC[NH+]1CCN(S(=O)(=O)c2ccc(F)c(F)c2)CC1. The minimum atomic E-state index is -3.72. The summed E-state index contributed by atoms with van der Waals surface area (Å²) in [5, 5.41) is 0. The standard InChI is InChI=1S/C12H16F2N2O2S/c1-2-15-5-7-16(8-6-15)19(17,18)10-3-4-11(13)12(14)9-10/h3-4,9H,2,5-8H2,1H3/p+1. The van der Waals surface area contributed by atoms with Crippen LogP contribution < -0.4 is 4.90 Å². The first-order valence-corrected chi connectivity index (χ1v) is 7.68. The van der Waals surface area contributed by atoms with Gasteiger partial charge in [-0.2, -0.15) is 4.31 Å². The number of benzene rings is 1. The second-order valence-corrected chi connectivity index (χ2v) is 6.52. The lowest BCUT2D eigenvalue weighted by molar-refractivity contribution is -0.901. The zero-order valence-corrected chi connectivity index (χ0v) is 11.5. The second-order valence-electron chi connectivity index (χ2n) is 4.58. The Morgan fingerprint density at radius 1 is 1.21 bits per heavy atom. The van der Waals surface area contributed by atoms with Gasteiger partial charge < -0.3 is 4.90 Å².